The minimum absolute atomic E-state index is 0.00153. The molecule has 4 aromatic rings. The van der Waals surface area contributed by atoms with Crippen LogP contribution < -0.4 is 20.3 Å². The summed E-state index contributed by atoms with van der Waals surface area (Å²) in [5.74, 6) is 1.79. The zero-order valence-electron chi connectivity index (χ0n) is 33.0. The molecule has 0 aliphatic carbocycles. The van der Waals surface area contributed by atoms with Gasteiger partial charge in [0.1, 0.15) is 17.2 Å². The maximum Gasteiger partial charge on any atom is 0.344 e. The van der Waals surface area contributed by atoms with Gasteiger partial charge in [0, 0.05) is 42.7 Å². The quantitative estimate of drug-likeness (QED) is 0.0587. The van der Waals surface area contributed by atoms with E-state index in [0.29, 0.717) is 47.7 Å². The lowest BCUT2D eigenvalue weighted by molar-refractivity contribution is -0.146. The normalized spacial score (nSPS) is 19.0. The van der Waals surface area contributed by atoms with Gasteiger partial charge in [0.05, 0.1) is 30.4 Å². The lowest BCUT2D eigenvalue weighted by atomic mass is 9.74. The highest BCUT2D eigenvalue weighted by Crippen LogP contribution is 2.42. The predicted molar refractivity (Wildman–Crippen MR) is 220 cm³/mol. The van der Waals surface area contributed by atoms with Crippen molar-refractivity contribution in [3.8, 4) is 17.2 Å². The average Bonchev–Trinajstić information content (AvgIpc) is 3.16. The van der Waals surface area contributed by atoms with Gasteiger partial charge in [-0.15, -0.1) is 0 Å². The molecule has 3 fully saturated rings. The van der Waals surface area contributed by atoms with E-state index in [1.54, 1.807) is 31.4 Å². The molecule has 3 N–H and O–H groups in total. The smallest absolute Gasteiger partial charge is 0.344 e. The number of aromatic nitrogens is 1. The number of phenols is 1. The lowest BCUT2D eigenvalue weighted by Crippen LogP contribution is -2.46. The van der Waals surface area contributed by atoms with Gasteiger partial charge < -0.3 is 38.9 Å². The molecule has 0 amide bonds. The molecule has 55 heavy (non-hydrogen) atoms. The Morgan fingerprint density at radius 3 is 2.53 bits per heavy atom. The molecule has 3 aromatic carbocycles. The van der Waals surface area contributed by atoms with E-state index >= 15 is 0 Å². The number of aromatic amines is 1. The Hall–Kier alpha value is -3.87. The number of hydrogen-bond donors (Lipinski definition) is 3. The van der Waals surface area contributed by atoms with Crippen LogP contribution in [0.2, 0.25) is 23.2 Å². The molecular formula is C43H56ClN3O7Si. The van der Waals surface area contributed by atoms with Crippen LogP contribution in [0.15, 0.2) is 65.5 Å². The third kappa shape index (κ3) is 9.75. The zero-order chi connectivity index (χ0) is 39.3. The Kier molecular flexibility index (Phi) is 13.0. The van der Waals surface area contributed by atoms with Crippen molar-refractivity contribution in [2.75, 3.05) is 46.5 Å². The SMILES string of the molecule is COc1cc(OCC(=O)OCCCc2ccccc2[C@@H]2CN3CCC2CC3)c(Cl)cc1CNC[C@@H](O[Si](C)(C)C(C)(C)C)c1ccc(O)c2[nH]c(=O)ccc12. The van der Waals surface area contributed by atoms with E-state index in [2.05, 4.69) is 73.3 Å². The number of H-pyrrole nitrogens is 1. The summed E-state index contributed by atoms with van der Waals surface area (Å²) in [5.41, 5.74) is 4.55. The highest BCUT2D eigenvalue weighted by Gasteiger charge is 2.40. The van der Waals surface area contributed by atoms with Crippen LogP contribution in [-0.4, -0.2) is 75.8 Å². The van der Waals surface area contributed by atoms with Crippen LogP contribution in [-0.2, 0) is 26.9 Å². The van der Waals surface area contributed by atoms with Gasteiger partial charge >= 0.3 is 5.97 Å². The Morgan fingerprint density at radius 2 is 1.82 bits per heavy atom. The topological polar surface area (TPSA) is 122 Å². The Bertz CT molecular complexity index is 2020. The summed E-state index contributed by atoms with van der Waals surface area (Å²) in [5, 5.41) is 15.1. The molecule has 3 aliphatic rings. The van der Waals surface area contributed by atoms with Gasteiger partial charge in [0.25, 0.3) is 0 Å². The highest BCUT2D eigenvalue weighted by atomic mass is 35.5. The number of halogens is 1. The third-order valence-corrected chi connectivity index (χ3v) is 16.6. The van der Waals surface area contributed by atoms with Crippen LogP contribution in [0.5, 0.6) is 17.2 Å². The maximum absolute atomic E-state index is 12.7. The van der Waals surface area contributed by atoms with E-state index in [0.717, 1.165) is 41.8 Å². The van der Waals surface area contributed by atoms with E-state index in [1.807, 2.05) is 6.07 Å². The van der Waals surface area contributed by atoms with Crippen LogP contribution in [0.4, 0.5) is 0 Å². The molecule has 1 aromatic heterocycles. The largest absolute Gasteiger partial charge is 0.506 e. The number of ether oxygens (including phenoxy) is 3. The summed E-state index contributed by atoms with van der Waals surface area (Å²) in [7, 11) is -0.683. The number of esters is 1. The van der Waals surface area contributed by atoms with Gasteiger partial charge in [-0.3, -0.25) is 4.79 Å². The first-order valence-corrected chi connectivity index (χ1v) is 22.7. The molecule has 0 saturated carbocycles. The molecule has 0 unspecified atom stereocenters. The second-order valence-electron chi connectivity index (χ2n) is 16.4. The Labute approximate surface area is 330 Å². The number of nitrogens with zero attached hydrogens (tertiary/aromatic N) is 1. The molecular weight excluding hydrogens is 734 g/mol. The summed E-state index contributed by atoms with van der Waals surface area (Å²) in [6, 6.07) is 18.8. The fourth-order valence-electron chi connectivity index (χ4n) is 7.71. The summed E-state index contributed by atoms with van der Waals surface area (Å²) in [6.07, 6.45) is 3.78. The first kappa shape index (κ1) is 40.8. The second kappa shape index (κ2) is 17.5. The van der Waals surface area contributed by atoms with Crippen molar-refractivity contribution < 1.29 is 28.5 Å². The van der Waals surface area contributed by atoms with Crippen molar-refractivity contribution in [1.29, 1.82) is 0 Å². The minimum atomic E-state index is -2.26. The summed E-state index contributed by atoms with van der Waals surface area (Å²) < 4.78 is 24.0. The van der Waals surface area contributed by atoms with Gasteiger partial charge in [-0.1, -0.05) is 62.7 Å². The van der Waals surface area contributed by atoms with Crippen molar-refractivity contribution >= 4 is 36.8 Å². The number of carbonyl (C=O) groups excluding carboxylic acids is 1. The predicted octanol–water partition coefficient (Wildman–Crippen LogP) is 8.11. The number of carbonyl (C=O) groups is 1. The first-order chi connectivity index (χ1) is 26.2. The van der Waals surface area contributed by atoms with Gasteiger partial charge in [-0.05, 0) is 104 Å². The number of fused-ring (bicyclic) bond motifs is 4. The standard InChI is InChI=1S/C43H56ClN3O7Si/c1-43(2,3)55(5,6)54-39(32-13-15-36(48)42-33(32)14-16-40(49)46-42)25-45-24-30-22-35(44)38(23-37(30)51-4)53-27-41(50)52-21-9-11-28-10-7-8-12-31(28)34-26-47-19-17-29(34)18-20-47/h7-8,10,12-16,22-23,29,34,39,45,48H,9,11,17-21,24-27H2,1-6H3,(H,46,49)/t34-,39-/m1/s1. The van der Waals surface area contributed by atoms with E-state index in [4.69, 9.17) is 30.2 Å². The molecule has 10 nitrogen and oxygen atoms in total. The van der Waals surface area contributed by atoms with Crippen molar-refractivity contribution in [1.82, 2.24) is 15.2 Å². The maximum atomic E-state index is 12.7. The van der Waals surface area contributed by atoms with Gasteiger partial charge in [-0.25, -0.2) is 4.79 Å². The summed E-state index contributed by atoms with van der Waals surface area (Å²) >= 11 is 6.67. The van der Waals surface area contributed by atoms with Crippen molar-refractivity contribution in [3.05, 3.63) is 98.3 Å². The Morgan fingerprint density at radius 1 is 1.05 bits per heavy atom. The summed E-state index contributed by atoms with van der Waals surface area (Å²) in [6.45, 7) is 15.4. The fraction of sp³-hybridized carbons (Fsp3) is 0.488. The van der Waals surface area contributed by atoms with Crippen molar-refractivity contribution in [3.63, 3.8) is 0 Å². The fourth-order valence-corrected chi connectivity index (χ4v) is 9.22. The molecule has 2 atom stereocenters. The second-order valence-corrected chi connectivity index (χ2v) is 21.6. The molecule has 2 bridgehead atoms. The number of piperidine rings is 3. The number of phenolic OH excluding ortho intramolecular Hbond substituents is 1. The molecule has 4 heterocycles. The molecule has 7 rings (SSSR count). The van der Waals surface area contributed by atoms with Crippen LogP contribution in [0, 0.1) is 5.92 Å². The number of aryl methyl sites for hydroxylation is 1. The van der Waals surface area contributed by atoms with Gasteiger partial charge in [-0.2, -0.15) is 0 Å². The van der Waals surface area contributed by atoms with E-state index in [-0.39, 0.29) is 29.1 Å². The van der Waals surface area contributed by atoms with Crippen LogP contribution >= 0.6 is 11.6 Å². The zero-order valence-corrected chi connectivity index (χ0v) is 34.8. The number of nitrogens with one attached hydrogen (secondary N) is 2. The third-order valence-electron chi connectivity index (χ3n) is 11.8. The highest BCUT2D eigenvalue weighted by molar-refractivity contribution is 6.74. The van der Waals surface area contributed by atoms with Crippen molar-refractivity contribution in [2.24, 2.45) is 5.92 Å². The number of methoxy groups -OCH3 is 1. The minimum Gasteiger partial charge on any atom is -0.506 e. The summed E-state index contributed by atoms with van der Waals surface area (Å²) in [4.78, 5) is 30.1. The molecule has 296 valence electrons. The molecule has 0 spiro atoms. The number of aromatic hydroxyl groups is 1. The number of benzene rings is 3. The first-order valence-electron chi connectivity index (χ1n) is 19.4. The van der Waals surface area contributed by atoms with Crippen LogP contribution in [0.25, 0.3) is 10.9 Å². The molecule has 12 heteroatoms. The number of rotatable bonds is 16. The monoisotopic (exact) mass is 789 g/mol. The molecule has 3 saturated heterocycles. The molecule has 3 aliphatic heterocycles. The van der Waals surface area contributed by atoms with E-state index in [1.165, 1.54) is 43.1 Å². The Balaban J connectivity index is 1.04. The molecule has 0 radical (unpaired) electrons. The number of hydrogen-bond acceptors (Lipinski definition) is 9. The van der Waals surface area contributed by atoms with Crippen LogP contribution in [0.3, 0.4) is 0 Å². The van der Waals surface area contributed by atoms with Gasteiger partial charge in [0.2, 0.25) is 5.56 Å². The average molecular weight is 790 g/mol. The van der Waals surface area contributed by atoms with Crippen LogP contribution in [0.1, 0.15) is 74.3 Å². The van der Waals surface area contributed by atoms with Crippen molar-refractivity contribution in [2.45, 2.75) is 83.2 Å². The lowest BCUT2D eigenvalue weighted by Gasteiger charge is -2.45. The number of pyridine rings is 1. The van der Waals surface area contributed by atoms with Gasteiger partial charge in [0.15, 0.2) is 14.9 Å². The van der Waals surface area contributed by atoms with E-state index in [9.17, 15) is 14.7 Å². The van der Waals surface area contributed by atoms with E-state index < -0.39 is 14.3 Å².